The Balaban J connectivity index is 0. The molecule has 12 nitrogen and oxygen atoms in total. The van der Waals surface area contributed by atoms with E-state index in [1.807, 2.05) is 18.8 Å². The summed E-state index contributed by atoms with van der Waals surface area (Å²) < 4.78 is 2.20. The highest BCUT2D eigenvalue weighted by Gasteiger charge is 2.19. The summed E-state index contributed by atoms with van der Waals surface area (Å²) in [7, 11) is 4.36. The lowest BCUT2D eigenvalue weighted by molar-refractivity contribution is 0.131. The van der Waals surface area contributed by atoms with Crippen LogP contribution in [0.1, 0.15) is 20.8 Å². The topological polar surface area (TPSA) is 134 Å². The zero-order valence-electron chi connectivity index (χ0n) is 18.8. The van der Waals surface area contributed by atoms with Crippen molar-refractivity contribution in [3.8, 4) is 0 Å². The normalized spacial score (nSPS) is 11.6. The van der Waals surface area contributed by atoms with Crippen molar-refractivity contribution >= 4 is 80.8 Å². The second-order valence-corrected chi connectivity index (χ2v) is 9.12. The lowest BCUT2D eigenvalue weighted by Gasteiger charge is -2.19. The van der Waals surface area contributed by atoms with Crippen molar-refractivity contribution < 1.29 is 28.9 Å². The highest BCUT2D eigenvalue weighted by atomic mass is 32.2. The fraction of sp³-hybridized carbons (Fsp3) is 0.600. The molecule has 0 fully saturated rings. The van der Waals surface area contributed by atoms with Gasteiger partial charge in [-0.15, -0.1) is 35.3 Å². The van der Waals surface area contributed by atoms with Crippen LogP contribution < -0.4 is 5.32 Å². The van der Waals surface area contributed by atoms with Gasteiger partial charge >= 0.3 is 18.3 Å². The summed E-state index contributed by atoms with van der Waals surface area (Å²) >= 11 is 4.93. The molecule has 0 saturated heterocycles. The highest BCUT2D eigenvalue weighted by Crippen LogP contribution is 2.15. The third kappa shape index (κ3) is 17.6. The maximum absolute atomic E-state index is 11.6. The van der Waals surface area contributed by atoms with Gasteiger partial charge in [-0.3, -0.25) is 14.5 Å². The van der Waals surface area contributed by atoms with E-state index < -0.39 is 18.3 Å². The summed E-state index contributed by atoms with van der Waals surface area (Å²) in [5, 5.41) is 14.9. The summed E-state index contributed by atoms with van der Waals surface area (Å²) in [5.74, 6) is 0. The minimum atomic E-state index is -0.711. The Morgan fingerprint density at radius 2 is 1.03 bits per heavy atom. The van der Waals surface area contributed by atoms with Crippen molar-refractivity contribution in [3.05, 3.63) is 0 Å². The maximum atomic E-state index is 11.6. The summed E-state index contributed by atoms with van der Waals surface area (Å²) in [6.45, 7) is 5.18. The molecule has 0 aromatic heterocycles. The number of nitrogens with zero attached hydrogens (tertiary/aromatic N) is 5. The van der Waals surface area contributed by atoms with Crippen molar-refractivity contribution in [2.24, 2.45) is 15.5 Å². The van der Waals surface area contributed by atoms with Crippen LogP contribution in [0.3, 0.4) is 0 Å². The van der Waals surface area contributed by atoms with E-state index in [2.05, 4.69) is 35.3 Å². The first-order valence-electron chi connectivity index (χ1n) is 8.24. The summed E-state index contributed by atoms with van der Waals surface area (Å²) in [4.78, 5) is 47.3. The summed E-state index contributed by atoms with van der Waals surface area (Å²) in [6.07, 6.45) is 3.51. The lowest BCUT2D eigenvalue weighted by atomic mass is 10.9. The van der Waals surface area contributed by atoms with Gasteiger partial charge < -0.3 is 5.32 Å². The van der Waals surface area contributed by atoms with Gasteiger partial charge in [-0.2, -0.15) is 0 Å². The molecule has 0 atom stereocenters. The third-order valence-corrected chi connectivity index (χ3v) is 5.40. The zero-order chi connectivity index (χ0) is 24.4. The van der Waals surface area contributed by atoms with E-state index in [9.17, 15) is 14.4 Å². The Labute approximate surface area is 199 Å². The van der Waals surface area contributed by atoms with Gasteiger partial charge in [0.25, 0.3) is 0 Å². The average molecular weight is 517 g/mol. The van der Waals surface area contributed by atoms with Crippen LogP contribution in [0.4, 0.5) is 14.4 Å². The van der Waals surface area contributed by atoms with E-state index in [-0.39, 0.29) is 0 Å². The fourth-order valence-corrected chi connectivity index (χ4v) is 1.74. The van der Waals surface area contributed by atoms with Crippen molar-refractivity contribution in [2.45, 2.75) is 20.8 Å². The SMILES string of the molecule is CNC(=O)ON=C(C)SC.CSC(C)=NOC(=O)N(C)SN(C)C(=O)ON=C(C)SC. The van der Waals surface area contributed by atoms with Crippen molar-refractivity contribution in [2.75, 3.05) is 39.9 Å². The molecule has 1 N–H and O–H groups in total. The first kappa shape index (κ1) is 31.4. The number of nitrogens with one attached hydrogen (secondary N) is 1. The van der Waals surface area contributed by atoms with E-state index in [4.69, 9.17) is 0 Å². The van der Waals surface area contributed by atoms with Gasteiger partial charge in [-0.25, -0.2) is 23.0 Å². The number of hydrogen-bond donors (Lipinski definition) is 1. The van der Waals surface area contributed by atoms with Gasteiger partial charge in [0.2, 0.25) is 0 Å². The van der Waals surface area contributed by atoms with Crippen LogP contribution >= 0.6 is 47.4 Å². The Morgan fingerprint density at radius 1 is 0.710 bits per heavy atom. The van der Waals surface area contributed by atoms with Gasteiger partial charge in [-0.05, 0) is 39.5 Å². The van der Waals surface area contributed by atoms with Crippen molar-refractivity contribution in [3.63, 3.8) is 0 Å². The Bertz CT molecular complexity index is 638. The summed E-state index contributed by atoms with van der Waals surface area (Å²) in [6, 6.07) is 0. The molecule has 0 aromatic carbocycles. The molecule has 0 rings (SSSR count). The second-order valence-electron chi connectivity index (χ2n) is 4.86. The van der Waals surface area contributed by atoms with Crippen LogP contribution in [-0.4, -0.2) is 81.9 Å². The number of oxime groups is 3. The van der Waals surface area contributed by atoms with Crippen LogP contribution in [0.2, 0.25) is 0 Å². The smallest absolute Gasteiger partial charge is 0.323 e. The summed E-state index contributed by atoms with van der Waals surface area (Å²) in [5.41, 5.74) is 0. The number of carbonyl (C=O) groups excluding carboxylic acids is 3. The van der Waals surface area contributed by atoms with Crippen LogP contribution in [0.15, 0.2) is 15.5 Å². The number of rotatable bonds is 5. The Morgan fingerprint density at radius 3 is 1.32 bits per heavy atom. The molecular formula is C15H28N6O6S4. The van der Waals surface area contributed by atoms with E-state index in [0.29, 0.717) is 15.1 Å². The molecule has 16 heteroatoms. The largest absolute Gasteiger partial charge is 0.447 e. The van der Waals surface area contributed by atoms with E-state index in [1.165, 1.54) is 56.4 Å². The molecule has 0 radical (unpaired) electrons. The first-order chi connectivity index (χ1) is 14.5. The molecular weight excluding hydrogens is 488 g/mol. The van der Waals surface area contributed by atoms with E-state index >= 15 is 0 Å². The van der Waals surface area contributed by atoms with E-state index in [0.717, 1.165) is 20.7 Å². The molecule has 31 heavy (non-hydrogen) atoms. The quantitative estimate of drug-likeness (QED) is 0.187. The molecule has 0 aliphatic rings. The minimum absolute atomic E-state index is 0.548. The minimum Gasteiger partial charge on any atom is -0.323 e. The van der Waals surface area contributed by atoms with Gasteiger partial charge in [0, 0.05) is 21.1 Å². The highest BCUT2D eigenvalue weighted by molar-refractivity contribution is 8.13. The van der Waals surface area contributed by atoms with Crippen LogP contribution in [0.5, 0.6) is 0 Å². The molecule has 0 aliphatic carbocycles. The fourth-order valence-electron chi connectivity index (χ4n) is 0.835. The zero-order valence-corrected chi connectivity index (χ0v) is 22.1. The molecule has 0 bridgehead atoms. The second kappa shape index (κ2) is 18.9. The average Bonchev–Trinajstić information content (AvgIpc) is 2.78. The Kier molecular flexibility index (Phi) is 19.2. The molecule has 0 aromatic rings. The number of hydrogen-bond acceptors (Lipinski definition) is 13. The molecule has 178 valence electrons. The third-order valence-electron chi connectivity index (χ3n) is 2.61. The predicted octanol–water partition coefficient (Wildman–Crippen LogP) is 4.12. The Hall–Kier alpha value is -1.78. The standard InChI is InChI=1S/C10H18N4O4S3.C5H10N2O2S/c1-7(19-5)11-17-9(15)13(3)21-14(4)10(16)18-12-8(2)20-6;1-4(10-3)7-9-5(8)6-2/h1-6H3;1-3H3,(H,6,8). The number of thioether (sulfide) groups is 3. The molecule has 0 spiro atoms. The lowest BCUT2D eigenvalue weighted by Crippen LogP contribution is -2.28. The van der Waals surface area contributed by atoms with Gasteiger partial charge in [0.05, 0.1) is 12.1 Å². The number of amides is 3. The first-order valence-corrected chi connectivity index (χ1v) is 12.6. The van der Waals surface area contributed by atoms with E-state index in [1.54, 1.807) is 20.8 Å². The van der Waals surface area contributed by atoms with Gasteiger partial charge in [0.15, 0.2) is 0 Å². The van der Waals surface area contributed by atoms with Crippen LogP contribution in [0.25, 0.3) is 0 Å². The predicted molar refractivity (Wildman–Crippen MR) is 131 cm³/mol. The van der Waals surface area contributed by atoms with Crippen LogP contribution in [0, 0.1) is 0 Å². The van der Waals surface area contributed by atoms with Gasteiger partial charge in [0.1, 0.15) is 15.1 Å². The molecule has 0 aliphatic heterocycles. The molecule has 0 heterocycles. The van der Waals surface area contributed by atoms with Crippen LogP contribution in [-0.2, 0) is 14.5 Å². The van der Waals surface area contributed by atoms with Crippen molar-refractivity contribution in [1.29, 1.82) is 0 Å². The monoisotopic (exact) mass is 516 g/mol. The molecule has 3 amide bonds. The maximum Gasteiger partial charge on any atom is 0.447 e. The number of carbonyl (C=O) groups is 3. The van der Waals surface area contributed by atoms with Crippen molar-refractivity contribution in [1.82, 2.24) is 13.9 Å². The molecule has 0 saturated carbocycles. The van der Waals surface area contributed by atoms with Gasteiger partial charge in [-0.1, -0.05) is 15.5 Å². The molecule has 0 unspecified atom stereocenters.